The molecule has 154 valence electrons. The molecular weight excluding hydrogens is 398 g/mol. The van der Waals surface area contributed by atoms with Gasteiger partial charge in [0.05, 0.1) is 4.90 Å². The standard InChI is InChI=1S/C20H27N3O3S.ClH/c1-16-9-11-17(12-10-16)5-2-3-8-20(24)23-18-6-4-7-19(15-18)27(25,26)22-14-13-21;/h4,6-7,9-12,15,22H,2-3,5,8,13-14,21H2,1H3,(H,23,24);1H. The minimum atomic E-state index is -3.62. The number of rotatable bonds is 10. The molecule has 0 atom stereocenters. The molecule has 4 N–H and O–H groups in total. The van der Waals surface area contributed by atoms with Crippen LogP contribution in [0.4, 0.5) is 5.69 Å². The summed E-state index contributed by atoms with van der Waals surface area (Å²) in [4.78, 5) is 12.2. The Morgan fingerprint density at radius 1 is 1.07 bits per heavy atom. The molecule has 6 nitrogen and oxygen atoms in total. The lowest BCUT2D eigenvalue weighted by Crippen LogP contribution is -2.29. The molecule has 0 spiro atoms. The first kappa shape index (κ1) is 24.1. The number of nitrogens with two attached hydrogens (primary N) is 1. The van der Waals surface area contributed by atoms with E-state index in [4.69, 9.17) is 5.73 Å². The van der Waals surface area contributed by atoms with Crippen molar-refractivity contribution in [3.05, 3.63) is 59.7 Å². The van der Waals surface area contributed by atoms with Crippen molar-refractivity contribution in [3.8, 4) is 0 Å². The number of anilines is 1. The van der Waals surface area contributed by atoms with E-state index in [1.165, 1.54) is 23.3 Å². The van der Waals surface area contributed by atoms with Gasteiger partial charge < -0.3 is 11.1 Å². The fraction of sp³-hybridized carbons (Fsp3) is 0.350. The smallest absolute Gasteiger partial charge is 0.240 e. The molecule has 2 rings (SSSR count). The normalized spacial score (nSPS) is 10.9. The Kier molecular flexibility index (Phi) is 10.2. The van der Waals surface area contributed by atoms with E-state index in [1.54, 1.807) is 12.1 Å². The number of hydrogen-bond acceptors (Lipinski definition) is 4. The molecule has 0 aliphatic rings. The van der Waals surface area contributed by atoms with Crippen LogP contribution in [0.1, 0.15) is 30.4 Å². The highest BCUT2D eigenvalue weighted by Crippen LogP contribution is 2.16. The molecule has 8 heteroatoms. The van der Waals surface area contributed by atoms with Crippen LogP contribution >= 0.6 is 12.4 Å². The van der Waals surface area contributed by atoms with Crippen LogP contribution in [0.2, 0.25) is 0 Å². The summed E-state index contributed by atoms with van der Waals surface area (Å²) in [5.74, 6) is -0.122. The fourth-order valence-corrected chi connectivity index (χ4v) is 3.70. The van der Waals surface area contributed by atoms with Crippen molar-refractivity contribution in [1.29, 1.82) is 0 Å². The number of carbonyl (C=O) groups is 1. The maximum absolute atomic E-state index is 12.1. The Morgan fingerprint density at radius 3 is 2.46 bits per heavy atom. The van der Waals surface area contributed by atoms with E-state index in [9.17, 15) is 13.2 Å². The van der Waals surface area contributed by atoms with Crippen molar-refractivity contribution in [2.24, 2.45) is 5.73 Å². The van der Waals surface area contributed by atoms with Crippen molar-refractivity contribution in [2.75, 3.05) is 18.4 Å². The Bertz CT molecular complexity index is 855. The minimum absolute atomic E-state index is 0. The second-order valence-electron chi connectivity index (χ2n) is 6.46. The van der Waals surface area contributed by atoms with Gasteiger partial charge in [-0.25, -0.2) is 13.1 Å². The zero-order valence-corrected chi connectivity index (χ0v) is 17.6. The number of hydrogen-bond donors (Lipinski definition) is 3. The van der Waals surface area contributed by atoms with Crippen LogP contribution in [-0.2, 0) is 21.2 Å². The van der Waals surface area contributed by atoms with E-state index in [2.05, 4.69) is 41.2 Å². The number of carbonyl (C=O) groups excluding carboxylic acids is 1. The van der Waals surface area contributed by atoms with E-state index in [-0.39, 0.29) is 36.3 Å². The quantitative estimate of drug-likeness (QED) is 0.509. The average molecular weight is 426 g/mol. The number of benzene rings is 2. The van der Waals surface area contributed by atoms with Crippen LogP contribution in [0, 0.1) is 6.92 Å². The summed E-state index contributed by atoms with van der Waals surface area (Å²) >= 11 is 0. The third-order valence-corrected chi connectivity index (χ3v) is 5.56. The van der Waals surface area contributed by atoms with Gasteiger partial charge in [-0.3, -0.25) is 4.79 Å². The summed E-state index contributed by atoms with van der Waals surface area (Å²) in [5, 5.41) is 2.76. The Hall–Kier alpha value is -1.93. The predicted octanol–water partition coefficient (Wildman–Crippen LogP) is 3.01. The fourth-order valence-electron chi connectivity index (χ4n) is 2.61. The number of unbranched alkanes of at least 4 members (excludes halogenated alkanes) is 1. The van der Waals surface area contributed by atoms with Crippen LogP contribution in [0.15, 0.2) is 53.4 Å². The van der Waals surface area contributed by atoms with Gasteiger partial charge in [-0.05, 0) is 49.9 Å². The molecule has 0 aliphatic carbocycles. The highest BCUT2D eigenvalue weighted by atomic mass is 35.5. The number of aryl methyl sites for hydroxylation is 2. The van der Waals surface area contributed by atoms with Gasteiger partial charge in [0.1, 0.15) is 0 Å². The molecule has 0 aliphatic heterocycles. The number of amides is 1. The SMILES string of the molecule is Cc1ccc(CCCCC(=O)Nc2cccc(S(=O)(=O)NCCN)c2)cc1.Cl. The number of sulfonamides is 1. The first-order chi connectivity index (χ1) is 12.9. The Morgan fingerprint density at radius 2 is 1.79 bits per heavy atom. The van der Waals surface area contributed by atoms with E-state index in [0.29, 0.717) is 12.1 Å². The monoisotopic (exact) mass is 425 g/mol. The van der Waals surface area contributed by atoms with Crippen molar-refractivity contribution in [2.45, 2.75) is 37.5 Å². The van der Waals surface area contributed by atoms with Crippen LogP contribution in [0.5, 0.6) is 0 Å². The topological polar surface area (TPSA) is 101 Å². The molecule has 1 amide bonds. The summed E-state index contributed by atoms with van der Waals surface area (Å²) in [7, 11) is -3.62. The highest BCUT2D eigenvalue weighted by Gasteiger charge is 2.14. The van der Waals surface area contributed by atoms with E-state index < -0.39 is 10.0 Å². The zero-order valence-electron chi connectivity index (χ0n) is 16.0. The lowest BCUT2D eigenvalue weighted by molar-refractivity contribution is -0.116. The van der Waals surface area contributed by atoms with Crippen molar-refractivity contribution >= 4 is 34.0 Å². The Balaban J connectivity index is 0.00000392. The Labute approximate surface area is 173 Å². The van der Waals surface area contributed by atoms with E-state index in [1.807, 2.05) is 0 Å². The predicted molar refractivity (Wildman–Crippen MR) is 115 cm³/mol. The van der Waals surface area contributed by atoms with Gasteiger partial charge in [-0.2, -0.15) is 0 Å². The van der Waals surface area contributed by atoms with Gasteiger partial charge in [0.25, 0.3) is 0 Å². The van der Waals surface area contributed by atoms with E-state index in [0.717, 1.165) is 19.3 Å². The minimum Gasteiger partial charge on any atom is -0.329 e. The summed E-state index contributed by atoms with van der Waals surface area (Å²) in [5.41, 5.74) is 8.30. The molecule has 0 heterocycles. The second kappa shape index (κ2) is 11.8. The molecule has 28 heavy (non-hydrogen) atoms. The molecule has 0 bridgehead atoms. The van der Waals surface area contributed by atoms with Crippen molar-refractivity contribution in [3.63, 3.8) is 0 Å². The summed E-state index contributed by atoms with van der Waals surface area (Å²) in [6, 6.07) is 14.6. The second-order valence-corrected chi connectivity index (χ2v) is 8.22. The van der Waals surface area contributed by atoms with Gasteiger partial charge in [0.2, 0.25) is 15.9 Å². The van der Waals surface area contributed by atoms with Crippen LogP contribution < -0.4 is 15.8 Å². The van der Waals surface area contributed by atoms with Crippen LogP contribution in [0.3, 0.4) is 0 Å². The summed E-state index contributed by atoms with van der Waals surface area (Å²) in [6.45, 7) is 2.45. The van der Waals surface area contributed by atoms with Gasteiger partial charge in [0.15, 0.2) is 0 Å². The maximum atomic E-state index is 12.1. The van der Waals surface area contributed by atoms with Crippen molar-refractivity contribution < 1.29 is 13.2 Å². The largest absolute Gasteiger partial charge is 0.329 e. The molecule has 0 radical (unpaired) electrons. The van der Waals surface area contributed by atoms with Gasteiger partial charge in [0, 0.05) is 25.2 Å². The molecule has 0 saturated carbocycles. The lowest BCUT2D eigenvalue weighted by atomic mass is 10.1. The zero-order chi connectivity index (χ0) is 19.7. The highest BCUT2D eigenvalue weighted by molar-refractivity contribution is 7.89. The molecule has 0 aromatic heterocycles. The molecule has 0 saturated heterocycles. The maximum Gasteiger partial charge on any atom is 0.240 e. The van der Waals surface area contributed by atoms with Gasteiger partial charge in [-0.1, -0.05) is 35.9 Å². The lowest BCUT2D eigenvalue weighted by Gasteiger charge is -2.09. The van der Waals surface area contributed by atoms with Crippen molar-refractivity contribution in [1.82, 2.24) is 4.72 Å². The van der Waals surface area contributed by atoms with E-state index >= 15 is 0 Å². The number of halogens is 1. The number of nitrogens with one attached hydrogen (secondary N) is 2. The molecule has 2 aromatic rings. The third-order valence-electron chi connectivity index (χ3n) is 4.10. The average Bonchev–Trinajstić information content (AvgIpc) is 2.65. The third kappa shape index (κ3) is 7.98. The van der Waals surface area contributed by atoms with Gasteiger partial charge >= 0.3 is 0 Å². The molecule has 2 aromatic carbocycles. The summed E-state index contributed by atoms with van der Waals surface area (Å²) < 4.78 is 26.6. The first-order valence-electron chi connectivity index (χ1n) is 9.06. The molecule has 0 fully saturated rings. The van der Waals surface area contributed by atoms with Crippen LogP contribution in [0.25, 0.3) is 0 Å². The summed E-state index contributed by atoms with van der Waals surface area (Å²) in [6.07, 6.45) is 3.03. The van der Waals surface area contributed by atoms with Gasteiger partial charge in [-0.15, -0.1) is 12.4 Å². The molecular formula is C20H28ClN3O3S. The van der Waals surface area contributed by atoms with Crippen LogP contribution in [-0.4, -0.2) is 27.4 Å². The first-order valence-corrected chi connectivity index (χ1v) is 10.5. The molecule has 0 unspecified atom stereocenters.